The molecule has 0 fully saturated rings. The van der Waals surface area contributed by atoms with E-state index in [1.807, 2.05) is 30.9 Å². The molecule has 8 heteroatoms. The lowest BCUT2D eigenvalue weighted by molar-refractivity contribution is 0.378. The Morgan fingerprint density at radius 3 is 2.75 bits per heavy atom. The minimum Gasteiger partial charge on any atom is -0.341 e. The molecule has 24 heavy (non-hydrogen) atoms. The van der Waals surface area contributed by atoms with Gasteiger partial charge in [-0.05, 0) is 38.5 Å². The van der Waals surface area contributed by atoms with Crippen molar-refractivity contribution in [2.45, 2.75) is 37.8 Å². The maximum absolute atomic E-state index is 12.2. The summed E-state index contributed by atoms with van der Waals surface area (Å²) in [5.74, 6) is 0.393. The van der Waals surface area contributed by atoms with Crippen LogP contribution in [0.1, 0.15) is 25.5 Å². The quantitative estimate of drug-likeness (QED) is 0.863. The van der Waals surface area contributed by atoms with Gasteiger partial charge in [0.2, 0.25) is 0 Å². The Morgan fingerprint density at radius 2 is 2.04 bits per heavy atom. The van der Waals surface area contributed by atoms with Gasteiger partial charge >= 0.3 is 0 Å². The molecule has 3 rings (SSSR count). The fourth-order valence-corrected chi connectivity index (χ4v) is 3.70. The van der Waals surface area contributed by atoms with Crippen molar-refractivity contribution < 1.29 is 8.42 Å². The molecule has 1 aromatic carbocycles. The molecule has 1 aromatic heterocycles. The van der Waals surface area contributed by atoms with Crippen LogP contribution >= 0.6 is 0 Å². The number of nitrogens with one attached hydrogen (secondary N) is 2. The number of sulfonamides is 1. The molecule has 1 aliphatic heterocycles. The van der Waals surface area contributed by atoms with E-state index in [0.29, 0.717) is 18.1 Å². The topological polar surface area (TPSA) is 88.4 Å². The number of rotatable bonds is 5. The Morgan fingerprint density at radius 1 is 1.29 bits per heavy atom. The number of aromatic nitrogens is 2. The van der Waals surface area contributed by atoms with Crippen molar-refractivity contribution in [3.63, 3.8) is 0 Å². The Balaban J connectivity index is 1.68. The number of amidine groups is 1. The summed E-state index contributed by atoms with van der Waals surface area (Å²) in [6.07, 6.45) is 3.80. The van der Waals surface area contributed by atoms with E-state index in [2.05, 4.69) is 27.1 Å². The third kappa shape index (κ3) is 3.34. The van der Waals surface area contributed by atoms with Crippen molar-refractivity contribution >= 4 is 21.5 Å². The molecule has 0 amide bonds. The summed E-state index contributed by atoms with van der Waals surface area (Å²) in [5, 5.41) is 10.7. The van der Waals surface area contributed by atoms with Gasteiger partial charge in [0.1, 0.15) is 10.7 Å². The molecule has 0 unspecified atom stereocenters. The van der Waals surface area contributed by atoms with E-state index in [1.165, 1.54) is 0 Å². The van der Waals surface area contributed by atoms with Crippen LogP contribution < -0.4 is 10.6 Å². The molecule has 0 bridgehead atoms. The molecule has 0 saturated heterocycles. The van der Waals surface area contributed by atoms with E-state index >= 15 is 0 Å². The lowest BCUT2D eigenvalue weighted by atomic mass is 10.1. The van der Waals surface area contributed by atoms with Gasteiger partial charge < -0.3 is 10.6 Å². The van der Waals surface area contributed by atoms with E-state index < -0.39 is 10.0 Å². The fraction of sp³-hybridized carbons (Fsp3) is 0.375. The molecule has 2 heterocycles. The third-order valence-electron chi connectivity index (χ3n) is 4.14. The summed E-state index contributed by atoms with van der Waals surface area (Å²) in [7, 11) is -3.64. The van der Waals surface area contributed by atoms with E-state index in [1.54, 1.807) is 24.3 Å². The molecule has 128 valence electrons. The lowest BCUT2D eigenvalue weighted by Gasteiger charge is -2.24. The molecular weight excluding hydrogens is 326 g/mol. The highest BCUT2D eigenvalue weighted by molar-refractivity contribution is 7.90. The second-order valence-electron chi connectivity index (χ2n) is 6.04. The van der Waals surface area contributed by atoms with Crippen molar-refractivity contribution in [3.05, 3.63) is 42.2 Å². The van der Waals surface area contributed by atoms with Crippen LogP contribution in [0.5, 0.6) is 0 Å². The van der Waals surface area contributed by atoms with Crippen molar-refractivity contribution in [3.8, 4) is 0 Å². The van der Waals surface area contributed by atoms with Crippen LogP contribution in [0.3, 0.4) is 0 Å². The molecular formula is C16H21N5O2S. The normalized spacial score (nSPS) is 18.2. The van der Waals surface area contributed by atoms with Gasteiger partial charge in [-0.25, -0.2) is 0 Å². The molecule has 2 aromatic rings. The average molecular weight is 347 g/mol. The minimum atomic E-state index is -3.64. The van der Waals surface area contributed by atoms with Crippen molar-refractivity contribution in [1.82, 2.24) is 15.1 Å². The standard InChI is InChI=1S/C16H21N5O2S/c1-11-8-18-21(10-11)13(3)12(2)17-9-16-19-14-6-4-5-7-15(14)24(22,23)20-16/h4-8,10,12-13,17H,9H2,1-3H3,(H,19,20)/t12-,13+/m0/s1. The second-order valence-corrected chi connectivity index (χ2v) is 7.61. The van der Waals surface area contributed by atoms with E-state index in [0.717, 1.165) is 5.56 Å². The predicted molar refractivity (Wildman–Crippen MR) is 93.8 cm³/mol. The highest BCUT2D eigenvalue weighted by Gasteiger charge is 2.24. The van der Waals surface area contributed by atoms with E-state index in [9.17, 15) is 8.42 Å². The smallest absolute Gasteiger partial charge is 0.286 e. The van der Waals surface area contributed by atoms with Crippen LogP contribution in [0.25, 0.3) is 0 Å². The van der Waals surface area contributed by atoms with Crippen molar-refractivity contribution in [1.29, 1.82) is 0 Å². The second kappa shape index (κ2) is 6.37. The number of hydrogen-bond donors (Lipinski definition) is 2. The predicted octanol–water partition coefficient (Wildman–Crippen LogP) is 1.94. The first kappa shape index (κ1) is 16.7. The average Bonchev–Trinajstić information content (AvgIpc) is 2.98. The molecule has 2 atom stereocenters. The number of fused-ring (bicyclic) bond motifs is 1. The van der Waals surface area contributed by atoms with Crippen molar-refractivity contribution in [2.24, 2.45) is 4.40 Å². The van der Waals surface area contributed by atoms with Gasteiger partial charge in [0.05, 0.1) is 24.5 Å². The number of benzene rings is 1. The summed E-state index contributed by atoms with van der Waals surface area (Å²) in [4.78, 5) is 0.210. The molecule has 0 radical (unpaired) electrons. The first-order chi connectivity index (χ1) is 11.4. The summed E-state index contributed by atoms with van der Waals surface area (Å²) in [5.41, 5.74) is 1.67. The number of anilines is 1. The Labute approximate surface area is 141 Å². The zero-order chi connectivity index (χ0) is 17.3. The van der Waals surface area contributed by atoms with Crippen LogP contribution in [0.15, 0.2) is 46.0 Å². The molecule has 0 aliphatic carbocycles. The zero-order valence-electron chi connectivity index (χ0n) is 13.9. The van der Waals surface area contributed by atoms with Gasteiger partial charge in [0.25, 0.3) is 10.0 Å². The van der Waals surface area contributed by atoms with Gasteiger partial charge in [0, 0.05) is 12.2 Å². The molecule has 0 spiro atoms. The van der Waals surface area contributed by atoms with Crippen LogP contribution in [0.4, 0.5) is 5.69 Å². The van der Waals surface area contributed by atoms with Crippen molar-refractivity contribution in [2.75, 3.05) is 11.9 Å². The summed E-state index contributed by atoms with van der Waals surface area (Å²) >= 11 is 0. The Bertz CT molecular complexity index is 872. The van der Waals surface area contributed by atoms with E-state index in [-0.39, 0.29) is 17.0 Å². The van der Waals surface area contributed by atoms with Gasteiger partial charge in [-0.15, -0.1) is 4.40 Å². The largest absolute Gasteiger partial charge is 0.341 e. The minimum absolute atomic E-state index is 0.0914. The SMILES string of the molecule is Cc1cnn([C@H](C)[C@H](C)NCC2=NS(=O)(=O)c3ccccc3N2)c1. The maximum atomic E-state index is 12.2. The molecule has 1 aliphatic rings. The summed E-state index contributed by atoms with van der Waals surface area (Å²) < 4.78 is 30.2. The first-order valence-electron chi connectivity index (χ1n) is 7.81. The Hall–Kier alpha value is -2.19. The maximum Gasteiger partial charge on any atom is 0.286 e. The monoisotopic (exact) mass is 347 g/mol. The van der Waals surface area contributed by atoms with Crippen LogP contribution in [0, 0.1) is 6.92 Å². The number of para-hydroxylation sites is 1. The Kier molecular flexibility index (Phi) is 4.42. The number of nitrogens with zero attached hydrogens (tertiary/aromatic N) is 3. The van der Waals surface area contributed by atoms with Crippen LogP contribution in [-0.4, -0.2) is 36.6 Å². The van der Waals surface area contributed by atoms with E-state index in [4.69, 9.17) is 0 Å². The van der Waals surface area contributed by atoms with Gasteiger partial charge in [0.15, 0.2) is 0 Å². The lowest BCUT2D eigenvalue weighted by Crippen LogP contribution is -2.40. The van der Waals surface area contributed by atoms with Crippen LogP contribution in [0.2, 0.25) is 0 Å². The van der Waals surface area contributed by atoms with Crippen LogP contribution in [-0.2, 0) is 10.0 Å². The van der Waals surface area contributed by atoms with Gasteiger partial charge in [-0.2, -0.15) is 13.5 Å². The summed E-state index contributed by atoms with van der Waals surface area (Å²) in [6.45, 7) is 6.43. The third-order valence-corrected chi connectivity index (χ3v) is 5.51. The van der Waals surface area contributed by atoms with Gasteiger partial charge in [-0.3, -0.25) is 4.68 Å². The highest BCUT2D eigenvalue weighted by Crippen LogP contribution is 2.26. The zero-order valence-corrected chi connectivity index (χ0v) is 14.7. The number of hydrogen-bond acceptors (Lipinski definition) is 5. The van der Waals surface area contributed by atoms with Gasteiger partial charge in [-0.1, -0.05) is 12.1 Å². The molecule has 2 N–H and O–H groups in total. The first-order valence-corrected chi connectivity index (χ1v) is 9.25. The number of aryl methyl sites for hydroxylation is 1. The molecule has 7 nitrogen and oxygen atoms in total. The molecule has 0 saturated carbocycles. The summed E-state index contributed by atoms with van der Waals surface area (Å²) in [6, 6.07) is 6.99. The highest BCUT2D eigenvalue weighted by atomic mass is 32.2. The fourth-order valence-electron chi connectivity index (χ4n) is 2.56.